The van der Waals surface area contributed by atoms with Crippen molar-refractivity contribution in [3.05, 3.63) is 71.1 Å². The molecule has 3 heterocycles. The molecule has 1 amide bonds. The van der Waals surface area contributed by atoms with Crippen molar-refractivity contribution >= 4 is 44.4 Å². The molecule has 0 aliphatic carbocycles. The summed E-state index contributed by atoms with van der Waals surface area (Å²) in [5, 5.41) is 7.58. The molecule has 0 radical (unpaired) electrons. The molecule has 0 atom stereocenters. The van der Waals surface area contributed by atoms with Crippen LogP contribution in [0, 0.1) is 0 Å². The van der Waals surface area contributed by atoms with Crippen molar-refractivity contribution in [3.8, 4) is 5.69 Å². The molecule has 0 unspecified atom stereocenters. The second-order valence-electron chi connectivity index (χ2n) is 7.88. The lowest BCUT2D eigenvalue weighted by atomic mass is 10.3. The van der Waals surface area contributed by atoms with Gasteiger partial charge in [0.05, 0.1) is 35.7 Å². The van der Waals surface area contributed by atoms with Gasteiger partial charge in [-0.1, -0.05) is 36.0 Å². The Bertz CT molecular complexity index is 1560. The highest BCUT2D eigenvalue weighted by atomic mass is 32.2. The molecule has 11 nitrogen and oxygen atoms in total. The normalized spacial score (nSPS) is 14.7. The number of benzene rings is 2. The molecule has 5 rings (SSSR count). The van der Waals surface area contributed by atoms with Crippen LogP contribution in [0.4, 0.5) is 5.69 Å². The molecule has 186 valence electrons. The van der Waals surface area contributed by atoms with E-state index >= 15 is 0 Å². The van der Waals surface area contributed by atoms with Gasteiger partial charge in [0.1, 0.15) is 5.39 Å². The van der Waals surface area contributed by atoms with Gasteiger partial charge in [-0.2, -0.15) is 9.40 Å². The van der Waals surface area contributed by atoms with E-state index in [9.17, 15) is 18.0 Å². The topological polar surface area (TPSA) is 139 Å². The molecule has 4 aromatic rings. The summed E-state index contributed by atoms with van der Waals surface area (Å²) in [6.45, 7) is 1.27. The maximum atomic E-state index is 12.9. The average molecular weight is 527 g/mol. The van der Waals surface area contributed by atoms with Crippen LogP contribution in [-0.4, -0.2) is 70.4 Å². The number of sulfonamides is 1. The molecule has 1 fully saturated rings. The molecular weight excluding hydrogens is 504 g/mol. The summed E-state index contributed by atoms with van der Waals surface area (Å²) in [5.41, 5.74) is 1.14. The Balaban J connectivity index is 1.29. The molecule has 2 aromatic heterocycles. The van der Waals surface area contributed by atoms with Gasteiger partial charge in [-0.15, -0.1) is 0 Å². The first-order valence-electron chi connectivity index (χ1n) is 11.1. The molecular formula is C23H22N6O5S2. The Morgan fingerprint density at radius 1 is 1.11 bits per heavy atom. The highest BCUT2D eigenvalue weighted by Crippen LogP contribution is 2.22. The van der Waals surface area contributed by atoms with Crippen molar-refractivity contribution in [1.82, 2.24) is 24.1 Å². The fraction of sp³-hybridized carbons (Fsp3) is 0.217. The summed E-state index contributed by atoms with van der Waals surface area (Å²) in [4.78, 5) is 32.3. The monoisotopic (exact) mass is 526 g/mol. The summed E-state index contributed by atoms with van der Waals surface area (Å²) in [7, 11) is -3.68. The number of hydrogen-bond acceptors (Lipinski definition) is 8. The number of H-pyrrole nitrogens is 1. The molecule has 0 saturated carbocycles. The molecule has 1 aliphatic heterocycles. The van der Waals surface area contributed by atoms with Crippen LogP contribution in [0.15, 0.2) is 75.6 Å². The molecule has 1 aliphatic rings. The fourth-order valence-corrected chi connectivity index (χ4v) is 5.84. The number of aromatic nitrogens is 4. The van der Waals surface area contributed by atoms with E-state index in [1.807, 2.05) is 30.3 Å². The number of nitrogens with one attached hydrogen (secondary N) is 2. The van der Waals surface area contributed by atoms with E-state index in [4.69, 9.17) is 4.74 Å². The number of carbonyl (C=O) groups is 1. The number of ether oxygens (including phenoxy) is 1. The van der Waals surface area contributed by atoms with E-state index in [-0.39, 0.29) is 40.4 Å². The van der Waals surface area contributed by atoms with Gasteiger partial charge >= 0.3 is 0 Å². The van der Waals surface area contributed by atoms with Crippen LogP contribution < -0.4 is 10.9 Å². The quantitative estimate of drug-likeness (QED) is 0.275. The van der Waals surface area contributed by atoms with Crippen molar-refractivity contribution in [2.24, 2.45) is 0 Å². The number of thioether (sulfide) groups is 1. The van der Waals surface area contributed by atoms with Gasteiger partial charge in [0.2, 0.25) is 15.9 Å². The van der Waals surface area contributed by atoms with Gasteiger partial charge in [0.25, 0.3) is 5.56 Å². The second-order valence-corrected chi connectivity index (χ2v) is 10.8. The Morgan fingerprint density at radius 3 is 2.67 bits per heavy atom. The van der Waals surface area contributed by atoms with E-state index in [1.165, 1.54) is 22.6 Å². The number of nitrogens with zero attached hydrogens (tertiary/aromatic N) is 4. The predicted molar refractivity (Wildman–Crippen MR) is 135 cm³/mol. The Hall–Kier alpha value is -3.52. The number of anilines is 1. The number of hydrogen-bond donors (Lipinski definition) is 2. The van der Waals surface area contributed by atoms with Crippen LogP contribution >= 0.6 is 11.8 Å². The first-order valence-corrected chi connectivity index (χ1v) is 13.5. The lowest BCUT2D eigenvalue weighted by Crippen LogP contribution is -2.40. The third-order valence-corrected chi connectivity index (χ3v) is 8.25. The van der Waals surface area contributed by atoms with Crippen molar-refractivity contribution in [1.29, 1.82) is 0 Å². The smallest absolute Gasteiger partial charge is 0.262 e. The molecule has 36 heavy (non-hydrogen) atoms. The third kappa shape index (κ3) is 5.04. The van der Waals surface area contributed by atoms with E-state index in [2.05, 4.69) is 20.4 Å². The lowest BCUT2D eigenvalue weighted by molar-refractivity contribution is -0.113. The number of carbonyl (C=O) groups excluding carboxylic acids is 1. The van der Waals surface area contributed by atoms with Crippen LogP contribution in [0.25, 0.3) is 16.7 Å². The number of morpholine rings is 1. The summed E-state index contributed by atoms with van der Waals surface area (Å²) in [6, 6.07) is 15.4. The highest BCUT2D eigenvalue weighted by Gasteiger charge is 2.26. The number of aromatic amines is 1. The van der Waals surface area contributed by atoms with Crippen molar-refractivity contribution in [2.45, 2.75) is 10.1 Å². The molecule has 0 spiro atoms. The van der Waals surface area contributed by atoms with Crippen molar-refractivity contribution in [3.63, 3.8) is 0 Å². The zero-order valence-electron chi connectivity index (χ0n) is 19.0. The number of amides is 1. The number of para-hydroxylation sites is 1. The van der Waals surface area contributed by atoms with E-state index in [0.29, 0.717) is 29.9 Å². The van der Waals surface area contributed by atoms with Crippen LogP contribution in [0.2, 0.25) is 0 Å². The summed E-state index contributed by atoms with van der Waals surface area (Å²) >= 11 is 1.06. The Kier molecular flexibility index (Phi) is 6.87. The van der Waals surface area contributed by atoms with Crippen LogP contribution in [0.3, 0.4) is 0 Å². The van der Waals surface area contributed by atoms with E-state index in [1.54, 1.807) is 16.8 Å². The Morgan fingerprint density at radius 2 is 1.89 bits per heavy atom. The summed E-state index contributed by atoms with van der Waals surface area (Å²) in [5.74, 6) is -0.422. The van der Waals surface area contributed by atoms with E-state index < -0.39 is 10.0 Å². The van der Waals surface area contributed by atoms with E-state index in [0.717, 1.165) is 17.4 Å². The minimum atomic E-state index is -3.68. The maximum Gasteiger partial charge on any atom is 0.262 e. The number of fused-ring (bicyclic) bond motifs is 1. The van der Waals surface area contributed by atoms with Gasteiger partial charge in [0.15, 0.2) is 10.8 Å². The van der Waals surface area contributed by atoms with Crippen LogP contribution in [0.5, 0.6) is 0 Å². The zero-order chi connectivity index (χ0) is 25.1. The highest BCUT2D eigenvalue weighted by molar-refractivity contribution is 7.99. The van der Waals surface area contributed by atoms with Gasteiger partial charge < -0.3 is 15.0 Å². The average Bonchev–Trinajstić information content (AvgIpc) is 3.33. The molecule has 2 aromatic carbocycles. The summed E-state index contributed by atoms with van der Waals surface area (Å²) in [6.07, 6.45) is 1.45. The molecule has 1 saturated heterocycles. The largest absolute Gasteiger partial charge is 0.379 e. The van der Waals surface area contributed by atoms with Crippen LogP contribution in [-0.2, 0) is 19.6 Å². The van der Waals surface area contributed by atoms with Gasteiger partial charge in [-0.25, -0.2) is 18.1 Å². The second kappa shape index (κ2) is 10.2. The first-order chi connectivity index (χ1) is 17.4. The van der Waals surface area contributed by atoms with Gasteiger partial charge in [0, 0.05) is 18.8 Å². The molecule has 0 bridgehead atoms. The lowest BCUT2D eigenvalue weighted by Gasteiger charge is -2.26. The summed E-state index contributed by atoms with van der Waals surface area (Å²) < 4.78 is 33.9. The van der Waals surface area contributed by atoms with Crippen LogP contribution in [0.1, 0.15) is 0 Å². The third-order valence-electron chi connectivity index (χ3n) is 5.48. The minimum Gasteiger partial charge on any atom is -0.379 e. The van der Waals surface area contributed by atoms with Crippen molar-refractivity contribution < 1.29 is 17.9 Å². The predicted octanol–water partition coefficient (Wildman–Crippen LogP) is 1.86. The first kappa shape index (κ1) is 24.2. The zero-order valence-corrected chi connectivity index (χ0v) is 20.6. The van der Waals surface area contributed by atoms with Crippen molar-refractivity contribution in [2.75, 3.05) is 37.4 Å². The maximum absolute atomic E-state index is 12.9. The number of rotatable bonds is 7. The SMILES string of the molecule is O=C(CSc1nc2c(cnn2-c2ccccc2)c(=O)[nH]1)Nc1cccc(S(=O)(=O)N2CCOCC2)c1. The fourth-order valence-electron chi connectivity index (χ4n) is 3.73. The standard InChI is InChI=1S/C23H22N6O5S2/c30-20(25-16-5-4-8-18(13-16)36(32,33)28-9-11-34-12-10-28)15-35-23-26-21-19(22(31)27-23)14-24-29(21)17-6-2-1-3-7-17/h1-8,13-14H,9-12,15H2,(H,25,30)(H,26,27,31). The van der Waals surface area contributed by atoms with Gasteiger partial charge in [-0.05, 0) is 30.3 Å². The minimum absolute atomic E-state index is 0.0473. The Labute approximate surface area is 210 Å². The molecule has 13 heteroatoms. The molecule has 2 N–H and O–H groups in total. The van der Waals surface area contributed by atoms with Gasteiger partial charge in [-0.3, -0.25) is 9.59 Å².